The molecule has 1 aliphatic heterocycles. The number of piperidine rings is 1. The van der Waals surface area contributed by atoms with Crippen LogP contribution in [0.15, 0.2) is 24.3 Å². The summed E-state index contributed by atoms with van der Waals surface area (Å²) in [5.41, 5.74) is 1.11. The number of aliphatic hydroxyl groups excluding tert-OH is 1. The van der Waals surface area contributed by atoms with Crippen LogP contribution >= 0.6 is 11.6 Å². The minimum atomic E-state index is -0.322. The molecule has 0 spiro atoms. The fourth-order valence-corrected chi connectivity index (χ4v) is 2.87. The lowest BCUT2D eigenvalue weighted by Crippen LogP contribution is -2.47. The third-order valence-corrected chi connectivity index (χ3v) is 4.35. The van der Waals surface area contributed by atoms with Crippen LogP contribution in [-0.4, -0.2) is 36.2 Å². The highest BCUT2D eigenvalue weighted by molar-refractivity contribution is 6.30. The number of hydrogen-bond acceptors (Lipinski definition) is 2. The van der Waals surface area contributed by atoms with Crippen molar-refractivity contribution in [1.29, 1.82) is 0 Å². The molecule has 1 saturated heterocycles. The summed E-state index contributed by atoms with van der Waals surface area (Å²) in [7, 11) is 2.13. The van der Waals surface area contributed by atoms with E-state index in [9.17, 15) is 5.11 Å². The fraction of sp³-hybridized carbons (Fsp3) is 0.571. The van der Waals surface area contributed by atoms with Gasteiger partial charge in [0.15, 0.2) is 0 Å². The Bertz CT molecular complexity index is 366. The molecule has 0 aliphatic carbocycles. The number of benzene rings is 1. The van der Waals surface area contributed by atoms with E-state index in [-0.39, 0.29) is 11.5 Å². The van der Waals surface area contributed by atoms with Gasteiger partial charge in [-0.05, 0) is 57.6 Å². The van der Waals surface area contributed by atoms with Gasteiger partial charge in [-0.25, -0.2) is 0 Å². The number of rotatable bonds is 2. The molecular weight excluding hydrogens is 234 g/mol. The van der Waals surface area contributed by atoms with Gasteiger partial charge in [-0.2, -0.15) is 0 Å². The van der Waals surface area contributed by atoms with Gasteiger partial charge < -0.3 is 10.0 Å². The van der Waals surface area contributed by atoms with E-state index in [4.69, 9.17) is 11.6 Å². The van der Waals surface area contributed by atoms with Gasteiger partial charge >= 0.3 is 0 Å². The molecule has 1 unspecified atom stereocenters. The van der Waals surface area contributed by atoms with Gasteiger partial charge in [0, 0.05) is 10.4 Å². The molecule has 17 heavy (non-hydrogen) atoms. The smallest absolute Gasteiger partial charge is 0.0609 e. The minimum absolute atomic E-state index is 0.100. The van der Waals surface area contributed by atoms with Crippen molar-refractivity contribution >= 4 is 11.6 Å². The Morgan fingerprint density at radius 3 is 2.24 bits per heavy atom. The molecule has 2 rings (SSSR count). The molecule has 0 aromatic heterocycles. The molecule has 1 fully saturated rings. The number of aliphatic hydroxyl groups is 1. The Morgan fingerprint density at radius 1 is 1.24 bits per heavy atom. The highest BCUT2D eigenvalue weighted by Gasteiger charge is 2.39. The van der Waals surface area contributed by atoms with Crippen molar-refractivity contribution in [3.05, 3.63) is 34.9 Å². The molecule has 1 aliphatic rings. The van der Waals surface area contributed by atoms with Gasteiger partial charge in [0.1, 0.15) is 0 Å². The summed E-state index contributed by atoms with van der Waals surface area (Å²) in [6.45, 7) is 3.97. The van der Waals surface area contributed by atoms with Gasteiger partial charge in [0.25, 0.3) is 0 Å². The molecule has 1 aromatic rings. The zero-order valence-electron chi connectivity index (χ0n) is 10.5. The van der Waals surface area contributed by atoms with E-state index in [2.05, 4.69) is 24.1 Å². The van der Waals surface area contributed by atoms with Crippen LogP contribution in [0.4, 0.5) is 0 Å². The highest BCUT2D eigenvalue weighted by atomic mass is 35.5. The molecule has 94 valence electrons. The third kappa shape index (κ3) is 2.49. The first-order valence-electron chi connectivity index (χ1n) is 6.17. The maximum absolute atomic E-state index is 10.2. The summed E-state index contributed by atoms with van der Waals surface area (Å²) >= 11 is 5.93. The summed E-state index contributed by atoms with van der Waals surface area (Å²) in [6.07, 6.45) is 1.68. The van der Waals surface area contributed by atoms with Crippen molar-refractivity contribution in [2.75, 3.05) is 20.1 Å². The van der Waals surface area contributed by atoms with E-state index in [0.717, 1.165) is 31.0 Å². The van der Waals surface area contributed by atoms with Gasteiger partial charge in [0.2, 0.25) is 0 Å². The first kappa shape index (κ1) is 12.9. The first-order valence-corrected chi connectivity index (χ1v) is 6.55. The van der Waals surface area contributed by atoms with Crippen molar-refractivity contribution in [3.8, 4) is 0 Å². The zero-order chi connectivity index (χ0) is 12.5. The van der Waals surface area contributed by atoms with Crippen molar-refractivity contribution in [3.63, 3.8) is 0 Å². The summed E-state index contributed by atoms with van der Waals surface area (Å²) < 4.78 is 0. The molecule has 0 radical (unpaired) electrons. The molecule has 3 heteroatoms. The maximum atomic E-state index is 10.2. The average Bonchev–Trinajstić information content (AvgIpc) is 2.31. The Labute approximate surface area is 108 Å². The Morgan fingerprint density at radius 2 is 1.76 bits per heavy atom. The normalized spacial score (nSPS) is 22.4. The second-order valence-electron chi connectivity index (χ2n) is 5.14. The highest BCUT2D eigenvalue weighted by Crippen LogP contribution is 2.38. The number of nitrogens with zero attached hydrogens (tertiary/aromatic N) is 1. The number of likely N-dealkylation sites (tertiary alicyclic amines) is 1. The van der Waals surface area contributed by atoms with Gasteiger partial charge in [-0.3, -0.25) is 0 Å². The van der Waals surface area contributed by atoms with Gasteiger partial charge in [0.05, 0.1) is 6.10 Å². The lowest BCUT2D eigenvalue weighted by atomic mass is 9.69. The quantitative estimate of drug-likeness (QED) is 0.876. The zero-order valence-corrected chi connectivity index (χ0v) is 11.2. The van der Waals surface area contributed by atoms with Gasteiger partial charge in [-0.1, -0.05) is 23.7 Å². The van der Waals surface area contributed by atoms with Crippen LogP contribution in [0.1, 0.15) is 25.3 Å². The van der Waals surface area contributed by atoms with Crippen LogP contribution in [0.25, 0.3) is 0 Å². The van der Waals surface area contributed by atoms with E-state index in [1.807, 2.05) is 19.1 Å². The molecule has 1 heterocycles. The SMILES string of the molecule is CC(O)C1(c2ccc(Cl)cc2)CCN(C)CC1. The van der Waals surface area contributed by atoms with Crippen molar-refractivity contribution < 1.29 is 5.11 Å². The summed E-state index contributed by atoms with van der Waals surface area (Å²) in [5.74, 6) is 0. The number of hydrogen-bond donors (Lipinski definition) is 1. The van der Waals surface area contributed by atoms with Crippen molar-refractivity contribution in [1.82, 2.24) is 4.90 Å². The molecule has 2 nitrogen and oxygen atoms in total. The summed E-state index contributed by atoms with van der Waals surface area (Å²) in [4.78, 5) is 2.32. The van der Waals surface area contributed by atoms with Gasteiger partial charge in [-0.15, -0.1) is 0 Å². The van der Waals surface area contributed by atoms with Crippen LogP contribution in [-0.2, 0) is 5.41 Å². The van der Waals surface area contributed by atoms with E-state index in [0.29, 0.717) is 0 Å². The summed E-state index contributed by atoms with van der Waals surface area (Å²) in [5, 5.41) is 10.9. The minimum Gasteiger partial charge on any atom is -0.392 e. The summed E-state index contributed by atoms with van der Waals surface area (Å²) in [6, 6.07) is 7.94. The number of halogens is 1. The van der Waals surface area contributed by atoms with Crippen molar-refractivity contribution in [2.24, 2.45) is 0 Å². The Kier molecular flexibility index (Phi) is 3.76. The maximum Gasteiger partial charge on any atom is 0.0609 e. The molecule has 0 amide bonds. The second-order valence-corrected chi connectivity index (χ2v) is 5.58. The Hall–Kier alpha value is -0.570. The topological polar surface area (TPSA) is 23.5 Å². The van der Waals surface area contributed by atoms with E-state index < -0.39 is 0 Å². The first-order chi connectivity index (χ1) is 8.04. The molecular formula is C14H20ClNO. The molecule has 1 atom stereocenters. The average molecular weight is 254 g/mol. The van der Waals surface area contributed by atoms with Crippen LogP contribution in [0.3, 0.4) is 0 Å². The van der Waals surface area contributed by atoms with Crippen LogP contribution in [0.5, 0.6) is 0 Å². The van der Waals surface area contributed by atoms with Crippen LogP contribution in [0, 0.1) is 0 Å². The molecule has 0 bridgehead atoms. The monoisotopic (exact) mass is 253 g/mol. The molecule has 1 N–H and O–H groups in total. The fourth-order valence-electron chi connectivity index (χ4n) is 2.75. The largest absolute Gasteiger partial charge is 0.392 e. The third-order valence-electron chi connectivity index (χ3n) is 4.10. The lowest BCUT2D eigenvalue weighted by molar-refractivity contribution is 0.0486. The molecule has 0 saturated carbocycles. The van der Waals surface area contributed by atoms with Crippen LogP contribution in [0.2, 0.25) is 5.02 Å². The van der Waals surface area contributed by atoms with E-state index >= 15 is 0 Å². The molecule has 1 aromatic carbocycles. The second kappa shape index (κ2) is 4.97. The van der Waals surface area contributed by atoms with Crippen LogP contribution < -0.4 is 0 Å². The van der Waals surface area contributed by atoms with Crippen molar-refractivity contribution in [2.45, 2.75) is 31.3 Å². The standard InChI is InChI=1S/C14H20ClNO/c1-11(17)14(7-9-16(2)10-8-14)12-3-5-13(15)6-4-12/h3-6,11,17H,7-10H2,1-2H3. The predicted molar refractivity (Wildman–Crippen MR) is 71.5 cm³/mol. The Balaban J connectivity index is 2.31. The van der Waals surface area contributed by atoms with E-state index in [1.165, 1.54) is 5.56 Å². The van der Waals surface area contributed by atoms with E-state index in [1.54, 1.807) is 0 Å². The predicted octanol–water partition coefficient (Wildman–Crippen LogP) is 2.68. The lowest BCUT2D eigenvalue weighted by Gasteiger charge is -2.43.